The molecule has 152 valence electrons. The van der Waals surface area contributed by atoms with E-state index in [0.717, 1.165) is 11.3 Å². The molecule has 1 N–H and O–H groups in total. The van der Waals surface area contributed by atoms with E-state index in [9.17, 15) is 9.59 Å². The first-order valence-corrected chi connectivity index (χ1v) is 9.71. The molecule has 1 aliphatic heterocycles. The molecule has 1 atom stereocenters. The number of amides is 2. The molecule has 3 aromatic carbocycles. The van der Waals surface area contributed by atoms with Crippen molar-refractivity contribution in [2.24, 2.45) is 0 Å². The highest BCUT2D eigenvalue weighted by Gasteiger charge is 2.32. The summed E-state index contributed by atoms with van der Waals surface area (Å²) >= 11 is 0. The Hall–Kier alpha value is -3.80. The van der Waals surface area contributed by atoms with Crippen molar-refractivity contribution in [3.63, 3.8) is 0 Å². The van der Waals surface area contributed by atoms with E-state index >= 15 is 0 Å². The van der Waals surface area contributed by atoms with Gasteiger partial charge in [0.25, 0.3) is 5.91 Å². The molecule has 0 saturated heterocycles. The zero-order valence-corrected chi connectivity index (χ0v) is 16.8. The van der Waals surface area contributed by atoms with Gasteiger partial charge in [0, 0.05) is 5.69 Å². The Morgan fingerprint density at radius 3 is 2.47 bits per heavy atom. The van der Waals surface area contributed by atoms with Crippen molar-refractivity contribution >= 4 is 23.2 Å². The van der Waals surface area contributed by atoms with Gasteiger partial charge in [-0.2, -0.15) is 0 Å². The molecule has 0 fully saturated rings. The van der Waals surface area contributed by atoms with Crippen molar-refractivity contribution in [1.29, 1.82) is 0 Å². The number of aryl methyl sites for hydroxylation is 1. The van der Waals surface area contributed by atoms with Gasteiger partial charge in [-0.15, -0.1) is 0 Å². The standard InChI is InChI=1S/C24H22N2O4/c1-16-8-13-22-21(14-16)26(24(28)17(2)29-22)15-23(27)25-18-9-11-20(12-10-18)30-19-6-4-3-5-7-19/h3-14,17H,15H2,1-2H3,(H,25,27). The number of hydrogen-bond donors (Lipinski definition) is 1. The average molecular weight is 402 g/mol. The van der Waals surface area contributed by atoms with Crippen LogP contribution in [0.5, 0.6) is 17.2 Å². The van der Waals surface area contributed by atoms with Crippen LogP contribution in [-0.2, 0) is 9.59 Å². The molecule has 6 heteroatoms. The smallest absolute Gasteiger partial charge is 0.268 e. The first-order chi connectivity index (χ1) is 14.5. The first-order valence-electron chi connectivity index (χ1n) is 9.71. The number of para-hydroxylation sites is 1. The Balaban J connectivity index is 1.43. The monoisotopic (exact) mass is 402 g/mol. The number of nitrogens with zero attached hydrogens (tertiary/aromatic N) is 1. The molecule has 3 aromatic rings. The fourth-order valence-corrected chi connectivity index (χ4v) is 3.26. The quantitative estimate of drug-likeness (QED) is 0.680. The summed E-state index contributed by atoms with van der Waals surface area (Å²) in [6.45, 7) is 3.52. The van der Waals surface area contributed by atoms with E-state index in [1.807, 2.05) is 55.5 Å². The summed E-state index contributed by atoms with van der Waals surface area (Å²) in [4.78, 5) is 26.7. The summed E-state index contributed by atoms with van der Waals surface area (Å²) < 4.78 is 11.4. The van der Waals surface area contributed by atoms with Crippen LogP contribution in [0.4, 0.5) is 11.4 Å². The minimum absolute atomic E-state index is 0.0920. The van der Waals surface area contributed by atoms with Crippen LogP contribution in [0.25, 0.3) is 0 Å². The number of hydrogen-bond acceptors (Lipinski definition) is 4. The Morgan fingerprint density at radius 1 is 1.03 bits per heavy atom. The Morgan fingerprint density at radius 2 is 1.73 bits per heavy atom. The number of anilines is 2. The van der Waals surface area contributed by atoms with Crippen LogP contribution < -0.4 is 19.7 Å². The van der Waals surface area contributed by atoms with Gasteiger partial charge in [0.15, 0.2) is 6.10 Å². The minimum Gasteiger partial charge on any atom is -0.479 e. The number of carbonyl (C=O) groups excluding carboxylic acids is 2. The maximum Gasteiger partial charge on any atom is 0.268 e. The highest BCUT2D eigenvalue weighted by Crippen LogP contribution is 2.34. The third-order valence-corrected chi connectivity index (χ3v) is 4.74. The third kappa shape index (κ3) is 4.27. The molecule has 0 bridgehead atoms. The molecule has 1 heterocycles. The van der Waals surface area contributed by atoms with Gasteiger partial charge in [0.1, 0.15) is 23.8 Å². The van der Waals surface area contributed by atoms with E-state index in [1.54, 1.807) is 31.2 Å². The molecular formula is C24H22N2O4. The molecule has 2 amide bonds. The normalized spacial score (nSPS) is 15.2. The molecule has 1 aliphatic rings. The number of rotatable bonds is 5. The van der Waals surface area contributed by atoms with Crippen LogP contribution in [-0.4, -0.2) is 24.5 Å². The molecule has 0 aromatic heterocycles. The van der Waals surface area contributed by atoms with Crippen LogP contribution in [0.1, 0.15) is 12.5 Å². The Labute approximate surface area is 175 Å². The highest BCUT2D eigenvalue weighted by atomic mass is 16.5. The van der Waals surface area contributed by atoms with Crippen molar-refractivity contribution in [2.45, 2.75) is 20.0 Å². The number of benzene rings is 3. The summed E-state index contributed by atoms with van der Waals surface area (Å²) in [6, 6.07) is 22.1. The van der Waals surface area contributed by atoms with E-state index in [0.29, 0.717) is 22.9 Å². The molecule has 30 heavy (non-hydrogen) atoms. The second-order valence-electron chi connectivity index (χ2n) is 7.14. The fraction of sp³-hybridized carbons (Fsp3) is 0.167. The van der Waals surface area contributed by atoms with E-state index in [1.165, 1.54) is 4.90 Å². The van der Waals surface area contributed by atoms with E-state index in [4.69, 9.17) is 9.47 Å². The number of fused-ring (bicyclic) bond motifs is 1. The summed E-state index contributed by atoms with van der Waals surface area (Å²) in [5, 5.41) is 2.83. The van der Waals surface area contributed by atoms with Crippen molar-refractivity contribution in [3.8, 4) is 17.2 Å². The summed E-state index contributed by atoms with van der Waals surface area (Å²) in [6.07, 6.45) is -0.637. The van der Waals surface area contributed by atoms with Crippen molar-refractivity contribution in [3.05, 3.63) is 78.4 Å². The lowest BCUT2D eigenvalue weighted by molar-refractivity contribution is -0.127. The predicted octanol–water partition coefficient (Wildman–Crippen LogP) is 4.54. The highest BCUT2D eigenvalue weighted by molar-refractivity contribution is 6.06. The number of nitrogens with one attached hydrogen (secondary N) is 1. The summed E-state index contributed by atoms with van der Waals surface area (Å²) in [5.41, 5.74) is 2.22. The lowest BCUT2D eigenvalue weighted by Crippen LogP contribution is -2.47. The zero-order valence-electron chi connectivity index (χ0n) is 16.8. The maximum absolute atomic E-state index is 12.6. The molecule has 0 spiro atoms. The van der Waals surface area contributed by atoms with Crippen molar-refractivity contribution in [1.82, 2.24) is 0 Å². The zero-order chi connectivity index (χ0) is 21.1. The molecule has 0 saturated carbocycles. The van der Waals surface area contributed by atoms with Gasteiger partial charge in [0.05, 0.1) is 5.69 Å². The van der Waals surface area contributed by atoms with E-state index in [-0.39, 0.29) is 18.4 Å². The van der Waals surface area contributed by atoms with Gasteiger partial charge in [-0.25, -0.2) is 0 Å². The predicted molar refractivity (Wildman–Crippen MR) is 115 cm³/mol. The van der Waals surface area contributed by atoms with Gasteiger partial charge < -0.3 is 14.8 Å². The topological polar surface area (TPSA) is 67.9 Å². The van der Waals surface area contributed by atoms with Gasteiger partial charge in [0.2, 0.25) is 5.91 Å². The lowest BCUT2D eigenvalue weighted by Gasteiger charge is -2.32. The number of carbonyl (C=O) groups is 2. The van der Waals surface area contributed by atoms with Crippen LogP contribution in [0.2, 0.25) is 0 Å². The lowest BCUT2D eigenvalue weighted by atomic mass is 10.1. The molecule has 4 rings (SSSR count). The Bertz CT molecular complexity index is 1060. The van der Waals surface area contributed by atoms with Crippen molar-refractivity contribution in [2.75, 3.05) is 16.8 Å². The second-order valence-corrected chi connectivity index (χ2v) is 7.14. The SMILES string of the molecule is Cc1ccc2c(c1)N(CC(=O)Nc1ccc(Oc3ccccc3)cc1)C(=O)C(C)O2. The van der Waals surface area contributed by atoms with Gasteiger partial charge >= 0.3 is 0 Å². The van der Waals surface area contributed by atoms with Crippen molar-refractivity contribution < 1.29 is 19.1 Å². The molecule has 0 aliphatic carbocycles. The van der Waals surface area contributed by atoms with Crippen LogP contribution >= 0.6 is 0 Å². The Kier molecular flexibility index (Phi) is 5.39. The van der Waals surface area contributed by atoms with Gasteiger partial charge in [-0.3, -0.25) is 14.5 Å². The van der Waals surface area contributed by atoms with E-state index in [2.05, 4.69) is 5.32 Å². The third-order valence-electron chi connectivity index (χ3n) is 4.74. The van der Waals surface area contributed by atoms with Gasteiger partial charge in [-0.1, -0.05) is 24.3 Å². The summed E-state index contributed by atoms with van der Waals surface area (Å²) in [7, 11) is 0. The molecular weight excluding hydrogens is 380 g/mol. The maximum atomic E-state index is 12.6. The van der Waals surface area contributed by atoms with E-state index < -0.39 is 6.10 Å². The van der Waals surface area contributed by atoms with Crippen LogP contribution in [0.3, 0.4) is 0 Å². The average Bonchev–Trinajstić information content (AvgIpc) is 2.74. The summed E-state index contributed by atoms with van der Waals surface area (Å²) in [5.74, 6) is 1.48. The molecule has 0 radical (unpaired) electrons. The van der Waals surface area contributed by atoms with Gasteiger partial charge in [-0.05, 0) is 67.9 Å². The fourth-order valence-electron chi connectivity index (χ4n) is 3.26. The minimum atomic E-state index is -0.637. The number of ether oxygens (including phenoxy) is 2. The molecule has 1 unspecified atom stereocenters. The first kappa shape index (κ1) is 19.5. The second kappa shape index (κ2) is 8.29. The molecule has 6 nitrogen and oxygen atoms in total. The van der Waals surface area contributed by atoms with Crippen LogP contribution in [0.15, 0.2) is 72.8 Å². The van der Waals surface area contributed by atoms with Crippen LogP contribution in [0, 0.1) is 6.92 Å². The largest absolute Gasteiger partial charge is 0.479 e.